The van der Waals surface area contributed by atoms with Gasteiger partial charge in [0.1, 0.15) is 11.6 Å². The maximum absolute atomic E-state index is 13.2. The first-order chi connectivity index (χ1) is 13.5. The topological polar surface area (TPSA) is 55.6 Å². The number of hydrogen-bond donors (Lipinski definition) is 1. The van der Waals surface area contributed by atoms with Crippen LogP contribution in [0.4, 0.5) is 10.1 Å². The molecule has 8 heteroatoms. The van der Waals surface area contributed by atoms with Gasteiger partial charge in [0.2, 0.25) is 5.91 Å². The van der Waals surface area contributed by atoms with E-state index in [1.165, 1.54) is 29.5 Å². The number of hydrogen-bond acceptors (Lipinski definition) is 4. The van der Waals surface area contributed by atoms with Gasteiger partial charge in [-0.1, -0.05) is 23.7 Å². The number of carbonyl (C=O) groups is 1. The summed E-state index contributed by atoms with van der Waals surface area (Å²) < 4.78 is 20.4. The number of aromatic nitrogens is 2. The smallest absolute Gasteiger partial charge is 0.230 e. The molecule has 1 amide bonds. The van der Waals surface area contributed by atoms with Crippen LogP contribution in [0.25, 0.3) is 16.2 Å². The number of imidazole rings is 1. The minimum atomic E-state index is -0.525. The number of anilines is 1. The SMILES string of the molecule is COc1cccc(-c2cn3c(CC(=O)Nc4ccc(F)c(Cl)c4)csc3n2)c1. The van der Waals surface area contributed by atoms with Crippen LogP contribution in [0.2, 0.25) is 5.02 Å². The third-order valence-corrected chi connectivity index (χ3v) is 5.37. The van der Waals surface area contributed by atoms with Crippen LogP contribution in [0.15, 0.2) is 54.0 Å². The van der Waals surface area contributed by atoms with E-state index in [0.717, 1.165) is 27.7 Å². The van der Waals surface area contributed by atoms with Gasteiger partial charge >= 0.3 is 0 Å². The summed E-state index contributed by atoms with van der Waals surface area (Å²) in [6.07, 6.45) is 2.06. The molecule has 4 aromatic rings. The van der Waals surface area contributed by atoms with Crippen molar-refractivity contribution in [2.45, 2.75) is 6.42 Å². The minimum absolute atomic E-state index is 0.0340. The molecule has 0 aliphatic heterocycles. The van der Waals surface area contributed by atoms with Crippen molar-refractivity contribution in [3.8, 4) is 17.0 Å². The van der Waals surface area contributed by atoms with Gasteiger partial charge in [0, 0.05) is 28.5 Å². The van der Waals surface area contributed by atoms with E-state index in [1.54, 1.807) is 7.11 Å². The number of fused-ring (bicyclic) bond motifs is 1. The molecule has 2 heterocycles. The van der Waals surface area contributed by atoms with Crippen LogP contribution in [0.3, 0.4) is 0 Å². The summed E-state index contributed by atoms with van der Waals surface area (Å²) in [5.74, 6) is 0.00751. The molecular weight excluding hydrogens is 401 g/mol. The average Bonchev–Trinajstić information content (AvgIpc) is 3.27. The Balaban J connectivity index is 1.55. The maximum atomic E-state index is 13.2. The van der Waals surface area contributed by atoms with Crippen LogP contribution in [-0.2, 0) is 11.2 Å². The highest BCUT2D eigenvalue weighted by molar-refractivity contribution is 7.15. The lowest BCUT2D eigenvalue weighted by molar-refractivity contribution is -0.115. The lowest BCUT2D eigenvalue weighted by Gasteiger charge is -2.05. The molecule has 0 saturated heterocycles. The van der Waals surface area contributed by atoms with Gasteiger partial charge < -0.3 is 10.1 Å². The lowest BCUT2D eigenvalue weighted by atomic mass is 10.1. The first-order valence-corrected chi connectivity index (χ1v) is 9.64. The van der Waals surface area contributed by atoms with Gasteiger partial charge in [0.25, 0.3) is 0 Å². The molecule has 0 radical (unpaired) electrons. The zero-order valence-electron chi connectivity index (χ0n) is 14.8. The van der Waals surface area contributed by atoms with Gasteiger partial charge in [-0.05, 0) is 30.3 Å². The van der Waals surface area contributed by atoms with Crippen LogP contribution >= 0.6 is 22.9 Å². The number of thiazole rings is 1. The van der Waals surface area contributed by atoms with E-state index in [9.17, 15) is 9.18 Å². The second kappa shape index (κ2) is 7.61. The van der Waals surface area contributed by atoms with Crippen molar-refractivity contribution in [3.05, 3.63) is 70.6 Å². The van der Waals surface area contributed by atoms with Crippen molar-refractivity contribution in [3.63, 3.8) is 0 Å². The highest BCUT2D eigenvalue weighted by Crippen LogP contribution is 2.26. The highest BCUT2D eigenvalue weighted by Gasteiger charge is 2.13. The first-order valence-electron chi connectivity index (χ1n) is 8.38. The molecule has 2 aromatic heterocycles. The van der Waals surface area contributed by atoms with E-state index >= 15 is 0 Å². The number of ether oxygens (including phenoxy) is 1. The zero-order chi connectivity index (χ0) is 19.7. The minimum Gasteiger partial charge on any atom is -0.497 e. The molecular formula is C20H15ClFN3O2S. The number of halogens is 2. The Morgan fingerprint density at radius 2 is 2.18 bits per heavy atom. The third-order valence-electron chi connectivity index (χ3n) is 4.19. The summed E-state index contributed by atoms with van der Waals surface area (Å²) in [7, 11) is 1.62. The normalized spacial score (nSPS) is 11.0. The van der Waals surface area contributed by atoms with Gasteiger partial charge in [0.05, 0.1) is 24.2 Å². The molecule has 0 aliphatic rings. The maximum Gasteiger partial charge on any atom is 0.230 e. The monoisotopic (exact) mass is 415 g/mol. The van der Waals surface area contributed by atoms with Crippen LogP contribution in [-0.4, -0.2) is 22.4 Å². The van der Waals surface area contributed by atoms with Gasteiger partial charge in [0.15, 0.2) is 4.96 Å². The molecule has 2 aromatic carbocycles. The highest BCUT2D eigenvalue weighted by atomic mass is 35.5. The standard InChI is InChI=1S/C20H15ClFN3O2S/c1-27-15-4-2-3-12(7-15)18-10-25-14(11-28-20(25)24-18)9-19(26)23-13-5-6-17(22)16(21)8-13/h2-8,10-11H,9H2,1H3,(H,23,26). The Bertz CT molecular complexity index is 1170. The lowest BCUT2D eigenvalue weighted by Crippen LogP contribution is -2.15. The molecule has 1 N–H and O–H groups in total. The summed E-state index contributed by atoms with van der Waals surface area (Å²) >= 11 is 7.22. The molecule has 4 rings (SSSR count). The predicted molar refractivity (Wildman–Crippen MR) is 109 cm³/mol. The number of nitrogens with one attached hydrogen (secondary N) is 1. The molecule has 0 fully saturated rings. The molecule has 0 aliphatic carbocycles. The van der Waals surface area contributed by atoms with E-state index < -0.39 is 5.82 Å². The molecule has 0 unspecified atom stereocenters. The number of rotatable bonds is 5. The molecule has 28 heavy (non-hydrogen) atoms. The van der Waals surface area contributed by atoms with Crippen molar-refractivity contribution in [1.82, 2.24) is 9.38 Å². The van der Waals surface area contributed by atoms with Gasteiger partial charge in [-0.15, -0.1) is 11.3 Å². The molecule has 0 spiro atoms. The van der Waals surface area contributed by atoms with Crippen LogP contribution in [0.5, 0.6) is 5.75 Å². The van der Waals surface area contributed by atoms with Gasteiger partial charge in [-0.25, -0.2) is 9.37 Å². The summed E-state index contributed by atoms with van der Waals surface area (Å²) in [4.78, 5) is 17.8. The van der Waals surface area contributed by atoms with E-state index in [1.807, 2.05) is 40.2 Å². The summed E-state index contributed by atoms with van der Waals surface area (Å²) in [6.45, 7) is 0. The fourth-order valence-corrected chi connectivity index (χ4v) is 3.88. The number of benzene rings is 2. The van der Waals surface area contributed by atoms with E-state index in [2.05, 4.69) is 10.3 Å². The first kappa shape index (κ1) is 18.5. The number of amides is 1. The molecule has 0 saturated carbocycles. The molecule has 142 valence electrons. The molecule has 5 nitrogen and oxygen atoms in total. The Hall–Kier alpha value is -2.90. The van der Waals surface area contributed by atoms with E-state index in [-0.39, 0.29) is 17.4 Å². The fraction of sp³-hybridized carbons (Fsp3) is 0.100. The van der Waals surface area contributed by atoms with Gasteiger partial charge in [-0.3, -0.25) is 9.20 Å². The number of methoxy groups -OCH3 is 1. The van der Waals surface area contributed by atoms with Crippen LogP contribution < -0.4 is 10.1 Å². The second-order valence-electron chi connectivity index (χ2n) is 6.09. The quantitative estimate of drug-likeness (QED) is 0.496. The van der Waals surface area contributed by atoms with Crippen LogP contribution in [0, 0.1) is 5.82 Å². The van der Waals surface area contributed by atoms with Crippen molar-refractivity contribution in [1.29, 1.82) is 0 Å². The van der Waals surface area contributed by atoms with Crippen LogP contribution in [0.1, 0.15) is 5.69 Å². The summed E-state index contributed by atoms with van der Waals surface area (Å²) in [5, 5.41) is 4.59. The Morgan fingerprint density at radius 3 is 2.96 bits per heavy atom. The van der Waals surface area contributed by atoms with Gasteiger partial charge in [-0.2, -0.15) is 0 Å². The van der Waals surface area contributed by atoms with Crippen molar-refractivity contribution in [2.75, 3.05) is 12.4 Å². The van der Waals surface area contributed by atoms with Crippen molar-refractivity contribution >= 4 is 39.5 Å². The number of carbonyl (C=O) groups excluding carboxylic acids is 1. The fourth-order valence-electron chi connectivity index (χ4n) is 2.82. The largest absolute Gasteiger partial charge is 0.497 e. The predicted octanol–water partition coefficient (Wildman–Crippen LogP) is 5.05. The van der Waals surface area contributed by atoms with Crippen molar-refractivity contribution in [2.24, 2.45) is 0 Å². The average molecular weight is 416 g/mol. The summed E-state index contributed by atoms with van der Waals surface area (Å²) in [5.41, 5.74) is 3.00. The third kappa shape index (κ3) is 3.72. The van der Waals surface area contributed by atoms with Crippen molar-refractivity contribution < 1.29 is 13.9 Å². The Labute approximate surface area is 169 Å². The molecule has 0 bridgehead atoms. The number of nitrogens with zero attached hydrogens (tertiary/aromatic N) is 2. The zero-order valence-corrected chi connectivity index (χ0v) is 16.4. The Morgan fingerprint density at radius 1 is 1.32 bits per heavy atom. The molecule has 0 atom stereocenters. The van der Waals surface area contributed by atoms with E-state index in [0.29, 0.717) is 5.69 Å². The summed E-state index contributed by atoms with van der Waals surface area (Å²) in [6, 6.07) is 11.7. The second-order valence-corrected chi connectivity index (χ2v) is 7.34. The van der Waals surface area contributed by atoms with E-state index in [4.69, 9.17) is 16.3 Å². The Kier molecular flexibility index (Phi) is 5.02.